The first-order valence-corrected chi connectivity index (χ1v) is 11.3. The molecule has 1 saturated heterocycles. The first-order valence-electron chi connectivity index (χ1n) is 9.46. The predicted octanol–water partition coefficient (Wildman–Crippen LogP) is 3.06. The highest BCUT2D eigenvalue weighted by molar-refractivity contribution is 7.89. The fourth-order valence-corrected chi connectivity index (χ4v) is 5.79. The first kappa shape index (κ1) is 20.1. The van der Waals surface area contributed by atoms with Gasteiger partial charge in [0.2, 0.25) is 10.0 Å². The fraction of sp³-hybridized carbons (Fsp3) is 0.333. The van der Waals surface area contributed by atoms with Gasteiger partial charge in [0, 0.05) is 36.5 Å². The van der Waals surface area contributed by atoms with E-state index < -0.39 is 15.7 Å². The Bertz CT molecular complexity index is 1120. The number of benzene rings is 2. The second-order valence-electron chi connectivity index (χ2n) is 7.63. The van der Waals surface area contributed by atoms with Crippen molar-refractivity contribution in [3.8, 4) is 0 Å². The van der Waals surface area contributed by atoms with Crippen molar-refractivity contribution in [2.75, 3.05) is 13.1 Å². The fourth-order valence-electron chi connectivity index (χ4n) is 3.96. The summed E-state index contributed by atoms with van der Waals surface area (Å²) in [4.78, 5) is 17.5. The van der Waals surface area contributed by atoms with Gasteiger partial charge in [0.15, 0.2) is 0 Å². The summed E-state index contributed by atoms with van der Waals surface area (Å²) in [5, 5.41) is 3.50. The molecule has 4 rings (SSSR count). The van der Waals surface area contributed by atoms with Crippen LogP contribution in [-0.4, -0.2) is 43.1 Å². The molecule has 2 aromatic carbocycles. The molecule has 0 aliphatic carbocycles. The Morgan fingerprint density at radius 3 is 2.48 bits per heavy atom. The van der Waals surface area contributed by atoms with Gasteiger partial charge in [-0.3, -0.25) is 9.79 Å². The minimum atomic E-state index is -3.59. The SMILES string of the molecule is Cc1ccc(S(=O)(=O)N2CCC3(CC2)N=C(c2cccc(Cl)c2)C(=O)N3)c(C)c1. The molecular weight excluding hydrogens is 410 g/mol. The van der Waals surface area contributed by atoms with Crippen LogP contribution in [0.2, 0.25) is 5.02 Å². The standard InChI is InChI=1S/C21H22ClN3O3S/c1-14-6-7-18(15(2)12-14)29(27,28)25-10-8-21(9-11-25)23-19(20(26)24-21)16-4-3-5-17(22)13-16/h3-7,12-13H,8-11H2,1-2H3,(H,24,26). The Morgan fingerprint density at radius 1 is 1.10 bits per heavy atom. The summed E-state index contributed by atoms with van der Waals surface area (Å²) in [5.41, 5.74) is 2.01. The minimum Gasteiger partial charge on any atom is -0.326 e. The number of aryl methyl sites for hydroxylation is 2. The molecule has 29 heavy (non-hydrogen) atoms. The van der Waals surface area contributed by atoms with Gasteiger partial charge in [-0.2, -0.15) is 4.31 Å². The summed E-state index contributed by atoms with van der Waals surface area (Å²) in [6.07, 6.45) is 0.847. The molecule has 2 aliphatic rings. The quantitative estimate of drug-likeness (QED) is 0.811. The number of carbonyl (C=O) groups is 1. The zero-order chi connectivity index (χ0) is 20.8. The molecule has 2 aliphatic heterocycles. The number of nitrogens with zero attached hydrogens (tertiary/aromatic N) is 2. The molecule has 0 unspecified atom stereocenters. The van der Waals surface area contributed by atoms with E-state index in [0.29, 0.717) is 47.1 Å². The van der Waals surface area contributed by atoms with E-state index in [4.69, 9.17) is 11.6 Å². The number of halogens is 1. The summed E-state index contributed by atoms with van der Waals surface area (Å²) >= 11 is 6.04. The maximum atomic E-state index is 13.1. The Labute approximate surface area is 175 Å². The van der Waals surface area contributed by atoms with Gasteiger partial charge in [0.1, 0.15) is 11.4 Å². The smallest absolute Gasteiger partial charge is 0.272 e. The van der Waals surface area contributed by atoms with Crippen LogP contribution in [0.3, 0.4) is 0 Å². The highest BCUT2D eigenvalue weighted by atomic mass is 35.5. The Hall–Kier alpha value is -2.22. The van der Waals surface area contributed by atoms with Crippen molar-refractivity contribution in [3.05, 3.63) is 64.2 Å². The van der Waals surface area contributed by atoms with Crippen LogP contribution in [0.25, 0.3) is 0 Å². The predicted molar refractivity (Wildman–Crippen MR) is 113 cm³/mol. The third-order valence-electron chi connectivity index (χ3n) is 5.48. The van der Waals surface area contributed by atoms with Crippen molar-refractivity contribution in [1.82, 2.24) is 9.62 Å². The van der Waals surface area contributed by atoms with Crippen LogP contribution >= 0.6 is 11.6 Å². The largest absolute Gasteiger partial charge is 0.326 e. The highest BCUT2D eigenvalue weighted by Crippen LogP contribution is 2.32. The van der Waals surface area contributed by atoms with E-state index in [1.165, 1.54) is 4.31 Å². The third-order valence-corrected chi connectivity index (χ3v) is 7.78. The maximum Gasteiger partial charge on any atom is 0.272 e. The topological polar surface area (TPSA) is 78.8 Å². The van der Waals surface area contributed by atoms with E-state index in [0.717, 1.165) is 11.1 Å². The Morgan fingerprint density at radius 2 is 1.83 bits per heavy atom. The van der Waals surface area contributed by atoms with Gasteiger partial charge in [-0.05, 0) is 37.6 Å². The molecular formula is C21H22ClN3O3S. The first-order chi connectivity index (χ1) is 13.7. The molecule has 6 nitrogen and oxygen atoms in total. The highest BCUT2D eigenvalue weighted by Gasteiger charge is 2.44. The molecule has 0 saturated carbocycles. The zero-order valence-corrected chi connectivity index (χ0v) is 17.8. The van der Waals surface area contributed by atoms with Gasteiger partial charge in [0.25, 0.3) is 5.91 Å². The summed E-state index contributed by atoms with van der Waals surface area (Å²) in [6.45, 7) is 4.33. The van der Waals surface area contributed by atoms with Gasteiger partial charge in [0.05, 0.1) is 4.90 Å². The number of hydrogen-bond acceptors (Lipinski definition) is 4. The number of carbonyl (C=O) groups excluding carboxylic acids is 1. The van der Waals surface area contributed by atoms with Crippen LogP contribution in [0.15, 0.2) is 52.4 Å². The third kappa shape index (κ3) is 3.70. The van der Waals surface area contributed by atoms with E-state index >= 15 is 0 Å². The van der Waals surface area contributed by atoms with Crippen LogP contribution in [0.5, 0.6) is 0 Å². The van der Waals surface area contributed by atoms with Crippen molar-refractivity contribution in [2.24, 2.45) is 4.99 Å². The molecule has 1 N–H and O–H groups in total. The lowest BCUT2D eigenvalue weighted by atomic mass is 10.00. The molecule has 0 atom stereocenters. The molecule has 2 heterocycles. The van der Waals surface area contributed by atoms with Crippen molar-refractivity contribution in [1.29, 1.82) is 0 Å². The lowest BCUT2D eigenvalue weighted by Gasteiger charge is -2.36. The van der Waals surface area contributed by atoms with E-state index in [9.17, 15) is 13.2 Å². The second kappa shape index (κ2) is 7.23. The molecule has 152 valence electrons. The molecule has 2 aromatic rings. The maximum absolute atomic E-state index is 13.1. The van der Waals surface area contributed by atoms with Crippen LogP contribution in [0.1, 0.15) is 29.5 Å². The van der Waals surface area contributed by atoms with Crippen LogP contribution in [-0.2, 0) is 14.8 Å². The summed E-state index contributed by atoms with van der Waals surface area (Å²) in [6, 6.07) is 12.4. The number of piperidine rings is 1. The van der Waals surface area contributed by atoms with Gasteiger partial charge < -0.3 is 5.32 Å². The molecule has 0 aromatic heterocycles. The number of hydrogen-bond donors (Lipinski definition) is 1. The van der Waals surface area contributed by atoms with E-state index in [1.54, 1.807) is 30.3 Å². The minimum absolute atomic E-state index is 0.252. The number of sulfonamides is 1. The molecule has 0 radical (unpaired) electrons. The van der Waals surface area contributed by atoms with E-state index in [2.05, 4.69) is 10.3 Å². The number of nitrogens with one attached hydrogen (secondary N) is 1. The van der Waals surface area contributed by atoms with Crippen molar-refractivity contribution in [3.63, 3.8) is 0 Å². The van der Waals surface area contributed by atoms with Gasteiger partial charge in [-0.1, -0.05) is 41.4 Å². The van der Waals surface area contributed by atoms with Gasteiger partial charge >= 0.3 is 0 Å². The van der Waals surface area contributed by atoms with Crippen molar-refractivity contribution < 1.29 is 13.2 Å². The van der Waals surface area contributed by atoms with Crippen LogP contribution < -0.4 is 5.32 Å². The van der Waals surface area contributed by atoms with Crippen LogP contribution in [0.4, 0.5) is 0 Å². The summed E-state index contributed by atoms with van der Waals surface area (Å²) in [7, 11) is -3.59. The van der Waals surface area contributed by atoms with Crippen molar-refractivity contribution in [2.45, 2.75) is 37.2 Å². The normalized spacial score (nSPS) is 19.3. The number of aliphatic imine (C=N–C) groups is 1. The summed E-state index contributed by atoms with van der Waals surface area (Å²) < 4.78 is 27.7. The van der Waals surface area contributed by atoms with E-state index in [-0.39, 0.29) is 5.91 Å². The lowest BCUT2D eigenvalue weighted by Crippen LogP contribution is -2.52. The molecule has 1 amide bonds. The van der Waals surface area contributed by atoms with Crippen molar-refractivity contribution >= 4 is 33.2 Å². The average Bonchev–Trinajstić information content (AvgIpc) is 2.97. The molecule has 0 bridgehead atoms. The Balaban J connectivity index is 1.55. The average molecular weight is 432 g/mol. The lowest BCUT2D eigenvalue weighted by molar-refractivity contribution is -0.115. The van der Waals surface area contributed by atoms with Crippen LogP contribution in [0, 0.1) is 13.8 Å². The molecule has 8 heteroatoms. The zero-order valence-electron chi connectivity index (χ0n) is 16.3. The molecule has 1 spiro atoms. The van der Waals surface area contributed by atoms with Gasteiger partial charge in [-0.25, -0.2) is 8.42 Å². The summed E-state index contributed by atoms with van der Waals surface area (Å²) in [5.74, 6) is -0.252. The molecule has 1 fully saturated rings. The number of rotatable bonds is 3. The van der Waals surface area contributed by atoms with Gasteiger partial charge in [-0.15, -0.1) is 0 Å². The second-order valence-corrected chi connectivity index (χ2v) is 9.97. The van der Waals surface area contributed by atoms with E-state index in [1.807, 2.05) is 26.0 Å². The monoisotopic (exact) mass is 431 g/mol. The Kier molecular flexibility index (Phi) is 5.01. The number of amides is 1.